The fourth-order valence-electron chi connectivity index (χ4n) is 4.84. The van der Waals surface area contributed by atoms with Gasteiger partial charge >= 0.3 is 0 Å². The number of morpholine rings is 1. The third kappa shape index (κ3) is 7.04. The molecular formula is C28H31ClFN7O5. The Kier molecular flexibility index (Phi) is 9.00. The molecule has 42 heavy (non-hydrogen) atoms. The maximum absolute atomic E-state index is 14.2. The summed E-state index contributed by atoms with van der Waals surface area (Å²) in [4.78, 5) is 54.2. The van der Waals surface area contributed by atoms with Crippen LogP contribution in [0.3, 0.4) is 0 Å². The lowest BCUT2D eigenvalue weighted by Gasteiger charge is -2.25. The number of hydrogen-bond acceptors (Lipinski definition) is 7. The number of fused-ring (bicyclic) bond motifs is 1. The van der Waals surface area contributed by atoms with Crippen LogP contribution in [0, 0.1) is 5.82 Å². The van der Waals surface area contributed by atoms with Gasteiger partial charge in [0.2, 0.25) is 17.7 Å². The molecular weight excluding hydrogens is 569 g/mol. The number of nitrogens with two attached hydrogens (primary N) is 1. The summed E-state index contributed by atoms with van der Waals surface area (Å²) >= 11 is 5.81. The molecule has 14 heteroatoms. The lowest BCUT2D eigenvalue weighted by molar-refractivity contribution is -0.137. The number of halogens is 2. The zero-order valence-electron chi connectivity index (χ0n) is 22.8. The molecule has 1 aliphatic heterocycles. The Bertz CT molecular complexity index is 1520. The lowest BCUT2D eigenvalue weighted by Crippen LogP contribution is -2.43. The Balaban J connectivity index is 1.26. The van der Waals surface area contributed by atoms with Crippen LogP contribution < -0.4 is 16.4 Å². The SMILES string of the molecule is NC(=O)c1nn(CC(=O)N(CC(=O)NCc2cccc(Cl)c2F)C2CC2)c2ccc(NC(=O)CN3CCOCC3)cc12. The van der Waals surface area contributed by atoms with Crippen LogP contribution in [0.4, 0.5) is 10.1 Å². The van der Waals surface area contributed by atoms with Gasteiger partial charge in [0.25, 0.3) is 5.91 Å². The normalized spacial score (nSPS) is 15.4. The summed E-state index contributed by atoms with van der Waals surface area (Å²) in [5.74, 6) is -2.42. The molecule has 1 saturated carbocycles. The fraction of sp³-hybridized carbons (Fsp3) is 0.393. The fourth-order valence-corrected chi connectivity index (χ4v) is 5.03. The van der Waals surface area contributed by atoms with E-state index in [1.54, 1.807) is 24.3 Å². The number of aromatic nitrogens is 2. The average molecular weight is 600 g/mol. The summed E-state index contributed by atoms with van der Waals surface area (Å²) in [5, 5.41) is 10.1. The van der Waals surface area contributed by atoms with Gasteiger partial charge in [0.05, 0.1) is 36.8 Å². The number of carbonyl (C=O) groups is 4. The molecule has 0 atom stereocenters. The van der Waals surface area contributed by atoms with Crippen molar-refractivity contribution in [1.82, 2.24) is 24.9 Å². The van der Waals surface area contributed by atoms with Gasteiger partial charge in [0, 0.05) is 42.3 Å². The predicted molar refractivity (Wildman–Crippen MR) is 152 cm³/mol. The number of amides is 4. The van der Waals surface area contributed by atoms with Gasteiger partial charge in [0.1, 0.15) is 12.4 Å². The van der Waals surface area contributed by atoms with E-state index in [4.69, 9.17) is 22.1 Å². The summed E-state index contributed by atoms with van der Waals surface area (Å²) < 4.78 is 20.9. The molecule has 2 aliphatic rings. The first-order valence-corrected chi connectivity index (χ1v) is 14.0. The van der Waals surface area contributed by atoms with Gasteiger partial charge in [-0.15, -0.1) is 0 Å². The average Bonchev–Trinajstić information content (AvgIpc) is 3.74. The van der Waals surface area contributed by atoms with E-state index >= 15 is 0 Å². The van der Waals surface area contributed by atoms with Crippen LogP contribution in [-0.2, 0) is 32.2 Å². The molecule has 1 aromatic heterocycles. The number of rotatable bonds is 11. The second-order valence-electron chi connectivity index (χ2n) is 10.3. The Labute approximate surface area is 245 Å². The van der Waals surface area contributed by atoms with Crippen LogP contribution in [-0.4, -0.2) is 88.6 Å². The molecule has 4 amide bonds. The van der Waals surface area contributed by atoms with Crippen molar-refractivity contribution in [2.45, 2.75) is 32.0 Å². The van der Waals surface area contributed by atoms with Crippen molar-refractivity contribution >= 4 is 51.8 Å². The molecule has 0 spiro atoms. The highest BCUT2D eigenvalue weighted by molar-refractivity contribution is 6.30. The van der Waals surface area contributed by atoms with Gasteiger partial charge in [-0.1, -0.05) is 23.7 Å². The number of benzene rings is 2. The van der Waals surface area contributed by atoms with Crippen LogP contribution in [0.2, 0.25) is 5.02 Å². The van der Waals surface area contributed by atoms with Gasteiger partial charge in [0.15, 0.2) is 5.69 Å². The van der Waals surface area contributed by atoms with Gasteiger partial charge in [-0.2, -0.15) is 5.10 Å². The number of carbonyl (C=O) groups excluding carboxylic acids is 4. The highest BCUT2D eigenvalue weighted by atomic mass is 35.5. The van der Waals surface area contributed by atoms with E-state index in [2.05, 4.69) is 15.7 Å². The second-order valence-corrected chi connectivity index (χ2v) is 10.7. The van der Waals surface area contributed by atoms with Crippen LogP contribution in [0.25, 0.3) is 10.9 Å². The molecule has 1 saturated heterocycles. The Hall–Kier alpha value is -4.07. The van der Waals surface area contributed by atoms with E-state index in [1.165, 1.54) is 21.7 Å². The molecule has 12 nitrogen and oxygen atoms in total. The van der Waals surface area contributed by atoms with Crippen molar-refractivity contribution in [1.29, 1.82) is 0 Å². The molecule has 5 rings (SSSR count). The van der Waals surface area contributed by atoms with Crippen LogP contribution in [0.1, 0.15) is 28.9 Å². The number of nitrogens with zero attached hydrogens (tertiary/aromatic N) is 4. The van der Waals surface area contributed by atoms with Crippen molar-refractivity contribution in [2.75, 3.05) is 44.7 Å². The maximum Gasteiger partial charge on any atom is 0.269 e. The summed E-state index contributed by atoms with van der Waals surface area (Å²) in [7, 11) is 0. The third-order valence-electron chi connectivity index (χ3n) is 7.15. The first-order valence-electron chi connectivity index (χ1n) is 13.6. The van der Waals surface area contributed by atoms with E-state index in [0.717, 1.165) is 12.8 Å². The summed E-state index contributed by atoms with van der Waals surface area (Å²) in [5.41, 5.74) is 6.71. The smallest absolute Gasteiger partial charge is 0.269 e. The van der Waals surface area contributed by atoms with Crippen LogP contribution >= 0.6 is 11.6 Å². The van der Waals surface area contributed by atoms with Crippen LogP contribution in [0.5, 0.6) is 0 Å². The third-order valence-corrected chi connectivity index (χ3v) is 7.44. The molecule has 0 unspecified atom stereocenters. The minimum atomic E-state index is -0.783. The van der Waals surface area contributed by atoms with Crippen molar-refractivity contribution < 1.29 is 28.3 Å². The van der Waals surface area contributed by atoms with E-state index in [1.807, 2.05) is 4.90 Å². The van der Waals surface area contributed by atoms with E-state index in [9.17, 15) is 23.6 Å². The van der Waals surface area contributed by atoms with Crippen molar-refractivity contribution in [3.8, 4) is 0 Å². The molecule has 2 fully saturated rings. The molecule has 0 bridgehead atoms. The molecule has 2 heterocycles. The summed E-state index contributed by atoms with van der Waals surface area (Å²) in [6.45, 7) is 2.16. The lowest BCUT2D eigenvalue weighted by atomic mass is 10.1. The molecule has 3 aromatic rings. The Morgan fingerprint density at radius 2 is 1.86 bits per heavy atom. The van der Waals surface area contributed by atoms with E-state index in [0.29, 0.717) is 42.9 Å². The topological polar surface area (TPSA) is 152 Å². The summed E-state index contributed by atoms with van der Waals surface area (Å²) in [6, 6.07) is 9.34. The zero-order chi connectivity index (χ0) is 29.8. The highest BCUT2D eigenvalue weighted by Crippen LogP contribution is 2.28. The minimum absolute atomic E-state index is 0.0404. The molecule has 0 radical (unpaired) electrons. The number of primary amides is 1. The van der Waals surface area contributed by atoms with E-state index in [-0.39, 0.29) is 60.3 Å². The zero-order valence-corrected chi connectivity index (χ0v) is 23.5. The standard InChI is InChI=1S/C28H31ClFN7O5/c29-21-3-1-2-17(26(21)30)13-32-23(38)15-36(19-5-6-19)25(40)16-37-22-7-4-18(12-20(22)27(34-37)28(31)41)33-24(39)14-35-8-10-42-11-9-35/h1-4,7,12,19H,5-6,8-11,13-16H2,(H2,31,41)(H,32,38)(H,33,39). The predicted octanol–water partition coefficient (Wildman–Crippen LogP) is 1.51. The maximum atomic E-state index is 14.2. The Morgan fingerprint density at radius 3 is 2.57 bits per heavy atom. The number of ether oxygens (including phenoxy) is 1. The highest BCUT2D eigenvalue weighted by Gasteiger charge is 2.34. The van der Waals surface area contributed by atoms with Gasteiger partial charge in [-0.25, -0.2) is 4.39 Å². The summed E-state index contributed by atoms with van der Waals surface area (Å²) in [6.07, 6.45) is 1.50. The minimum Gasteiger partial charge on any atom is -0.379 e. The molecule has 4 N–H and O–H groups in total. The number of anilines is 1. The quantitative estimate of drug-likeness (QED) is 0.302. The molecule has 2 aromatic carbocycles. The second kappa shape index (κ2) is 12.8. The van der Waals surface area contributed by atoms with Crippen molar-refractivity contribution in [3.05, 3.63) is 58.5 Å². The largest absolute Gasteiger partial charge is 0.379 e. The van der Waals surface area contributed by atoms with E-state index < -0.39 is 17.6 Å². The van der Waals surface area contributed by atoms with Gasteiger partial charge in [-0.05, 0) is 37.1 Å². The number of nitrogens with one attached hydrogen (secondary N) is 2. The van der Waals surface area contributed by atoms with Crippen molar-refractivity contribution in [2.24, 2.45) is 5.73 Å². The first-order chi connectivity index (χ1) is 20.2. The van der Waals surface area contributed by atoms with Gasteiger partial charge < -0.3 is 26.0 Å². The Morgan fingerprint density at radius 1 is 1.10 bits per heavy atom. The van der Waals surface area contributed by atoms with Crippen LogP contribution in [0.15, 0.2) is 36.4 Å². The molecule has 222 valence electrons. The molecule has 1 aliphatic carbocycles. The van der Waals surface area contributed by atoms with Crippen molar-refractivity contribution in [3.63, 3.8) is 0 Å². The number of hydrogen-bond donors (Lipinski definition) is 3. The first kappa shape index (κ1) is 29.4. The van der Waals surface area contributed by atoms with Gasteiger partial charge in [-0.3, -0.25) is 28.8 Å². The monoisotopic (exact) mass is 599 g/mol.